The molecule has 1 heterocycles. The zero-order valence-electron chi connectivity index (χ0n) is 25.0. The second-order valence-corrected chi connectivity index (χ2v) is 16.4. The lowest BCUT2D eigenvalue weighted by Gasteiger charge is -2.44. The second kappa shape index (κ2) is 13.8. The lowest BCUT2D eigenvalue weighted by molar-refractivity contribution is -0.850. The maximum absolute atomic E-state index is 14.9. The van der Waals surface area contributed by atoms with Crippen LogP contribution in [0.15, 0.2) is 76.5 Å². The molecule has 1 saturated carbocycles. The Morgan fingerprint density at radius 1 is 0.889 bits per heavy atom. The quantitative estimate of drug-likeness (QED) is 0.158. The van der Waals surface area contributed by atoms with Crippen LogP contribution in [0.5, 0.6) is 0 Å². The van der Waals surface area contributed by atoms with Gasteiger partial charge in [0.05, 0.1) is 17.0 Å². The highest BCUT2D eigenvalue weighted by atomic mass is 35.5. The molecule has 1 atom stereocenters. The number of hydrogen-bond donors (Lipinski definition) is 4. The van der Waals surface area contributed by atoms with Crippen molar-refractivity contribution in [2.75, 3.05) is 25.4 Å². The van der Waals surface area contributed by atoms with Crippen molar-refractivity contribution >= 4 is 43.3 Å². The van der Waals surface area contributed by atoms with Crippen molar-refractivity contribution in [1.29, 1.82) is 0 Å². The molecule has 0 amide bonds. The number of nitrogens with one attached hydrogen (secondary N) is 2. The molecule has 5 N–H and O–H groups in total. The summed E-state index contributed by atoms with van der Waals surface area (Å²) < 4.78 is 58.5. The maximum atomic E-state index is 14.9. The molecule has 2 fully saturated rings. The van der Waals surface area contributed by atoms with E-state index in [1.165, 1.54) is 42.5 Å². The predicted octanol–water partition coefficient (Wildman–Crippen LogP) is 4.75. The Morgan fingerprint density at radius 2 is 1.49 bits per heavy atom. The summed E-state index contributed by atoms with van der Waals surface area (Å²) in [7, 11) is -7.99. The summed E-state index contributed by atoms with van der Waals surface area (Å²) >= 11 is 6.17. The van der Waals surface area contributed by atoms with Crippen molar-refractivity contribution in [3.8, 4) is 0 Å². The number of carboxylic acid groups (broad SMARTS) is 1. The van der Waals surface area contributed by atoms with Crippen molar-refractivity contribution in [1.82, 2.24) is 10.0 Å². The van der Waals surface area contributed by atoms with Gasteiger partial charge in [-0.15, -0.1) is 0 Å². The number of benzene rings is 3. The van der Waals surface area contributed by atoms with Gasteiger partial charge in [-0.05, 0) is 92.9 Å². The number of nitrogen functional groups attached to an aromatic ring is 1. The molecule has 13 heteroatoms. The highest BCUT2D eigenvalue weighted by Gasteiger charge is 2.51. The topological polar surface area (TPSA) is 156 Å². The Bertz CT molecular complexity index is 1720. The van der Waals surface area contributed by atoms with E-state index in [0.29, 0.717) is 23.7 Å². The number of carboxylic acids is 1. The zero-order valence-corrected chi connectivity index (χ0v) is 27.4. The Hall–Kier alpha value is -3.00. The molecule has 10 nitrogen and oxygen atoms in total. The highest BCUT2D eigenvalue weighted by Crippen LogP contribution is 2.40. The van der Waals surface area contributed by atoms with Gasteiger partial charge in [0.25, 0.3) is 0 Å². The van der Waals surface area contributed by atoms with Gasteiger partial charge in [-0.1, -0.05) is 29.8 Å². The summed E-state index contributed by atoms with van der Waals surface area (Å²) in [6, 6.07) is 17.0. The van der Waals surface area contributed by atoms with Gasteiger partial charge in [0, 0.05) is 41.6 Å². The van der Waals surface area contributed by atoms with E-state index in [0.717, 1.165) is 57.2 Å². The predicted molar refractivity (Wildman–Crippen MR) is 174 cm³/mol. The molecule has 3 aromatic carbocycles. The van der Waals surface area contributed by atoms with Crippen LogP contribution >= 0.6 is 11.6 Å². The molecule has 0 bridgehead atoms. The van der Waals surface area contributed by atoms with Crippen molar-refractivity contribution in [3.63, 3.8) is 0 Å². The molecule has 242 valence electrons. The van der Waals surface area contributed by atoms with E-state index >= 15 is 0 Å². The molecule has 2 aliphatic rings. The molecule has 0 spiro atoms. The van der Waals surface area contributed by atoms with Gasteiger partial charge >= 0.3 is 16.0 Å². The van der Waals surface area contributed by atoms with E-state index in [9.17, 15) is 26.7 Å². The molecule has 5 rings (SSSR count). The van der Waals surface area contributed by atoms with Crippen molar-refractivity contribution in [2.24, 2.45) is 5.92 Å². The number of sulfonamides is 2. The summed E-state index contributed by atoms with van der Waals surface area (Å²) in [6.07, 6.45) is 5.37. The first-order valence-corrected chi connectivity index (χ1v) is 18.5. The Labute approximate surface area is 270 Å². The minimum Gasteiger partial charge on any atom is -0.478 e. The number of quaternary nitrogens is 1. The molecule has 45 heavy (non-hydrogen) atoms. The van der Waals surface area contributed by atoms with Crippen LogP contribution in [0.3, 0.4) is 0 Å². The van der Waals surface area contributed by atoms with E-state index in [-0.39, 0.29) is 43.4 Å². The van der Waals surface area contributed by atoms with Crippen molar-refractivity contribution in [2.45, 2.75) is 67.4 Å². The summed E-state index contributed by atoms with van der Waals surface area (Å²) in [5.74, 6) is -0.939. The fourth-order valence-electron chi connectivity index (χ4n) is 6.68. The third-order valence-corrected chi connectivity index (χ3v) is 13.2. The summed E-state index contributed by atoms with van der Waals surface area (Å²) in [4.78, 5) is 11.2. The van der Waals surface area contributed by atoms with Crippen molar-refractivity contribution < 1.29 is 30.6 Å². The van der Waals surface area contributed by atoms with Crippen LogP contribution in [0.1, 0.15) is 60.0 Å². The molecular formula is C32H40ClN4O6S2+. The fraction of sp³-hybridized carbons (Fsp3) is 0.406. The minimum absolute atomic E-state index is 0.0284. The molecule has 1 aliphatic carbocycles. The average Bonchev–Trinajstić information content (AvgIpc) is 3.57. The number of aromatic carboxylic acids is 1. The SMILES string of the molecule is Nc1cc(CNS(=O)(=O)c2ccc(S(=O)(=O)[N+](Cc3ccc(Cl)cc3)(CC3CCNCC3)C3CCCC3)cc2)ccc1C(=O)O. The highest BCUT2D eigenvalue weighted by molar-refractivity contribution is 7.89. The largest absolute Gasteiger partial charge is 0.478 e. The standard InChI is InChI=1S/C32H39ClN4O6S2/c33-26-8-5-23(6-9-26)21-37(27-3-1-2-4-27,22-24-15-17-35-18-16-24)45(42,43)29-12-10-28(11-13-29)44(40,41)36-20-25-7-14-30(32(38)39)31(34)19-25/h5-14,19,24,27,35-36H,1-4,15-18,20-22,34H2/p+1. The third-order valence-electron chi connectivity index (χ3n) is 9.10. The number of nitrogens with two attached hydrogens (primary N) is 1. The maximum Gasteiger partial charge on any atom is 0.337 e. The first-order valence-electron chi connectivity index (χ1n) is 15.2. The van der Waals surface area contributed by atoms with Gasteiger partial charge in [-0.2, -0.15) is 8.42 Å². The third kappa shape index (κ3) is 7.37. The van der Waals surface area contributed by atoms with Gasteiger partial charge in [0.15, 0.2) is 0 Å². The lowest BCUT2D eigenvalue weighted by Crippen LogP contribution is -2.60. The van der Waals surface area contributed by atoms with Gasteiger partial charge in [0.1, 0.15) is 17.5 Å². The van der Waals surface area contributed by atoms with Crippen LogP contribution in [0.2, 0.25) is 5.02 Å². The lowest BCUT2D eigenvalue weighted by atomic mass is 9.96. The minimum atomic E-state index is -4.01. The zero-order chi connectivity index (χ0) is 32.2. The Kier molecular flexibility index (Phi) is 10.2. The molecule has 0 radical (unpaired) electrons. The normalized spacial score (nSPS) is 18.1. The van der Waals surface area contributed by atoms with Crippen LogP contribution in [0, 0.1) is 5.92 Å². The van der Waals surface area contributed by atoms with Crippen LogP contribution in [-0.2, 0) is 33.1 Å². The van der Waals surface area contributed by atoms with E-state index in [4.69, 9.17) is 17.3 Å². The van der Waals surface area contributed by atoms with Crippen LogP contribution in [0.25, 0.3) is 0 Å². The number of rotatable bonds is 12. The fourth-order valence-corrected chi connectivity index (χ4v) is 10.0. The molecule has 1 saturated heterocycles. The molecule has 0 aromatic heterocycles. The smallest absolute Gasteiger partial charge is 0.337 e. The summed E-state index contributed by atoms with van der Waals surface area (Å²) in [6.45, 7) is 2.38. The summed E-state index contributed by atoms with van der Waals surface area (Å²) in [5, 5.41) is 13.2. The average molecular weight is 676 g/mol. The van der Waals surface area contributed by atoms with Gasteiger partial charge in [-0.3, -0.25) is 0 Å². The van der Waals surface area contributed by atoms with E-state index < -0.39 is 26.0 Å². The number of nitrogens with zero attached hydrogens (tertiary/aromatic N) is 1. The van der Waals surface area contributed by atoms with Gasteiger partial charge < -0.3 is 16.2 Å². The molecule has 3 aromatic rings. The number of halogens is 1. The number of anilines is 1. The van der Waals surface area contributed by atoms with Gasteiger partial charge in [0.2, 0.25) is 10.0 Å². The summed E-state index contributed by atoms with van der Waals surface area (Å²) in [5.41, 5.74) is 7.14. The van der Waals surface area contributed by atoms with Crippen molar-refractivity contribution in [3.05, 3.63) is 88.4 Å². The monoisotopic (exact) mass is 675 g/mol. The molecule has 1 unspecified atom stereocenters. The number of piperidine rings is 1. The number of hydrogen-bond acceptors (Lipinski definition) is 7. The van der Waals surface area contributed by atoms with E-state index in [1.807, 2.05) is 12.1 Å². The van der Waals surface area contributed by atoms with E-state index in [2.05, 4.69) is 10.0 Å². The van der Waals surface area contributed by atoms with Crippen LogP contribution in [0.4, 0.5) is 5.69 Å². The second-order valence-electron chi connectivity index (χ2n) is 12.0. The Morgan fingerprint density at radius 3 is 2.09 bits per heavy atom. The number of carbonyl (C=O) groups is 1. The van der Waals surface area contributed by atoms with Crippen LogP contribution < -0.4 is 15.8 Å². The molecular weight excluding hydrogens is 636 g/mol. The van der Waals surface area contributed by atoms with Gasteiger partial charge in [-0.25, -0.2) is 21.8 Å². The Balaban J connectivity index is 1.45. The first-order chi connectivity index (χ1) is 21.4. The van der Waals surface area contributed by atoms with Crippen LogP contribution in [-0.4, -0.2) is 57.5 Å². The first kappa shape index (κ1) is 33.4. The van der Waals surface area contributed by atoms with E-state index in [1.54, 1.807) is 12.1 Å². The molecule has 1 aliphatic heterocycles.